The Balaban J connectivity index is 2.12. The van der Waals surface area contributed by atoms with Crippen molar-refractivity contribution in [2.45, 2.75) is 32.2 Å². The highest BCUT2D eigenvalue weighted by molar-refractivity contribution is 5.80. The predicted octanol–water partition coefficient (Wildman–Crippen LogP) is 1.18. The Morgan fingerprint density at radius 2 is 2.40 bits per heavy atom. The Morgan fingerprint density at radius 3 is 3.00 bits per heavy atom. The lowest BCUT2D eigenvalue weighted by Crippen LogP contribution is -2.37. The highest BCUT2D eigenvalue weighted by atomic mass is 16.5. The number of rotatable bonds is 5. The Labute approximate surface area is 90.3 Å². The molecular formula is C11H19NO3. The Morgan fingerprint density at radius 1 is 1.60 bits per heavy atom. The van der Waals surface area contributed by atoms with Gasteiger partial charge in [-0.2, -0.15) is 0 Å². The van der Waals surface area contributed by atoms with E-state index in [0.29, 0.717) is 19.3 Å². The molecule has 1 fully saturated rings. The number of aliphatic carboxylic acids is 1. The van der Waals surface area contributed by atoms with Crippen molar-refractivity contribution in [3.63, 3.8) is 0 Å². The normalized spacial score (nSPS) is 22.7. The van der Waals surface area contributed by atoms with E-state index in [2.05, 4.69) is 5.32 Å². The van der Waals surface area contributed by atoms with Gasteiger partial charge >= 0.3 is 5.97 Å². The molecule has 0 bridgehead atoms. The lowest BCUT2D eigenvalue weighted by molar-refractivity contribution is -0.131. The van der Waals surface area contributed by atoms with Crippen molar-refractivity contribution in [3.05, 3.63) is 11.6 Å². The third kappa shape index (κ3) is 5.54. The zero-order chi connectivity index (χ0) is 11.1. The standard InChI is InChI=1S/C11H19NO3/c1-9(6-11(13)14)7-15-8-10-4-2-3-5-12-10/h6,10,12H,2-5,7-8H2,1H3,(H,13,14). The van der Waals surface area contributed by atoms with Crippen LogP contribution in [-0.2, 0) is 9.53 Å². The van der Waals surface area contributed by atoms with Crippen LogP contribution in [0.15, 0.2) is 11.6 Å². The van der Waals surface area contributed by atoms with Gasteiger partial charge in [-0.3, -0.25) is 0 Å². The zero-order valence-corrected chi connectivity index (χ0v) is 9.16. The van der Waals surface area contributed by atoms with E-state index in [9.17, 15) is 4.79 Å². The molecule has 0 aliphatic carbocycles. The molecule has 2 N–H and O–H groups in total. The fourth-order valence-corrected chi connectivity index (χ4v) is 1.68. The molecule has 0 amide bonds. The molecule has 1 atom stereocenters. The summed E-state index contributed by atoms with van der Waals surface area (Å²) in [7, 11) is 0. The van der Waals surface area contributed by atoms with Gasteiger partial charge in [-0.25, -0.2) is 4.79 Å². The summed E-state index contributed by atoms with van der Waals surface area (Å²) >= 11 is 0. The van der Waals surface area contributed by atoms with E-state index in [4.69, 9.17) is 9.84 Å². The maximum absolute atomic E-state index is 10.3. The number of hydrogen-bond acceptors (Lipinski definition) is 3. The summed E-state index contributed by atoms with van der Waals surface area (Å²) < 4.78 is 5.44. The van der Waals surface area contributed by atoms with Crippen molar-refractivity contribution in [3.8, 4) is 0 Å². The fraction of sp³-hybridized carbons (Fsp3) is 0.727. The van der Waals surface area contributed by atoms with Gasteiger partial charge in [0.25, 0.3) is 0 Å². The molecule has 0 aromatic rings. The van der Waals surface area contributed by atoms with Crippen LogP contribution in [0.25, 0.3) is 0 Å². The largest absolute Gasteiger partial charge is 0.478 e. The van der Waals surface area contributed by atoms with Crippen molar-refractivity contribution in [1.82, 2.24) is 5.32 Å². The minimum atomic E-state index is -0.910. The number of nitrogens with one attached hydrogen (secondary N) is 1. The van der Waals surface area contributed by atoms with Crippen molar-refractivity contribution >= 4 is 5.97 Å². The third-order valence-electron chi connectivity index (χ3n) is 2.43. The molecular weight excluding hydrogens is 194 g/mol. The third-order valence-corrected chi connectivity index (χ3v) is 2.43. The Kier molecular flexibility index (Phi) is 5.36. The molecule has 1 heterocycles. The van der Waals surface area contributed by atoms with Crippen LogP contribution in [0.4, 0.5) is 0 Å². The summed E-state index contributed by atoms with van der Waals surface area (Å²) in [5.41, 5.74) is 0.748. The minimum Gasteiger partial charge on any atom is -0.478 e. The smallest absolute Gasteiger partial charge is 0.328 e. The number of ether oxygens (including phenoxy) is 1. The minimum absolute atomic E-state index is 0.407. The van der Waals surface area contributed by atoms with Crippen LogP contribution < -0.4 is 5.32 Å². The van der Waals surface area contributed by atoms with Gasteiger partial charge in [-0.1, -0.05) is 6.42 Å². The van der Waals surface area contributed by atoms with Gasteiger partial charge in [0.1, 0.15) is 0 Å². The van der Waals surface area contributed by atoms with E-state index in [-0.39, 0.29) is 0 Å². The van der Waals surface area contributed by atoms with Crippen molar-refractivity contribution in [2.24, 2.45) is 0 Å². The summed E-state index contributed by atoms with van der Waals surface area (Å²) in [6.07, 6.45) is 4.84. The molecule has 0 spiro atoms. The molecule has 1 saturated heterocycles. The first-order valence-corrected chi connectivity index (χ1v) is 5.39. The monoisotopic (exact) mass is 213 g/mol. The maximum atomic E-state index is 10.3. The second kappa shape index (κ2) is 6.58. The Bertz CT molecular complexity index is 232. The molecule has 4 heteroatoms. The molecule has 0 aromatic heterocycles. The van der Waals surface area contributed by atoms with Crippen LogP contribution in [0.5, 0.6) is 0 Å². The molecule has 0 aromatic carbocycles. The topological polar surface area (TPSA) is 58.6 Å². The summed E-state index contributed by atoms with van der Waals surface area (Å²) in [5, 5.41) is 11.9. The van der Waals surface area contributed by atoms with E-state index in [0.717, 1.165) is 18.5 Å². The first kappa shape index (κ1) is 12.2. The highest BCUT2D eigenvalue weighted by Crippen LogP contribution is 2.07. The van der Waals surface area contributed by atoms with Crippen LogP contribution in [-0.4, -0.2) is 36.9 Å². The van der Waals surface area contributed by atoms with E-state index >= 15 is 0 Å². The predicted molar refractivity (Wildman–Crippen MR) is 57.9 cm³/mol. The lowest BCUT2D eigenvalue weighted by atomic mass is 10.1. The summed E-state index contributed by atoms with van der Waals surface area (Å²) in [6.45, 7) is 3.91. The maximum Gasteiger partial charge on any atom is 0.328 e. The molecule has 0 radical (unpaired) electrons. The van der Waals surface area contributed by atoms with Gasteiger partial charge in [-0.15, -0.1) is 0 Å². The lowest BCUT2D eigenvalue weighted by Gasteiger charge is -2.23. The second-order valence-electron chi connectivity index (χ2n) is 3.99. The summed E-state index contributed by atoms with van der Waals surface area (Å²) in [5.74, 6) is -0.910. The van der Waals surface area contributed by atoms with Gasteiger partial charge in [0, 0.05) is 12.1 Å². The van der Waals surface area contributed by atoms with Crippen LogP contribution in [0, 0.1) is 0 Å². The van der Waals surface area contributed by atoms with E-state index < -0.39 is 5.97 Å². The van der Waals surface area contributed by atoms with Crippen molar-refractivity contribution in [1.29, 1.82) is 0 Å². The first-order valence-electron chi connectivity index (χ1n) is 5.39. The van der Waals surface area contributed by atoms with Crippen molar-refractivity contribution < 1.29 is 14.6 Å². The molecule has 1 rings (SSSR count). The molecule has 86 valence electrons. The van der Waals surface area contributed by atoms with Crippen LogP contribution >= 0.6 is 0 Å². The number of carboxylic acid groups (broad SMARTS) is 1. The van der Waals surface area contributed by atoms with Crippen LogP contribution in [0.2, 0.25) is 0 Å². The fourth-order valence-electron chi connectivity index (χ4n) is 1.68. The molecule has 4 nitrogen and oxygen atoms in total. The molecule has 1 aliphatic heterocycles. The SMILES string of the molecule is CC(=CC(=O)O)COCC1CCCCN1. The van der Waals surface area contributed by atoms with Gasteiger partial charge < -0.3 is 15.2 Å². The number of carbonyl (C=O) groups is 1. The van der Waals surface area contributed by atoms with E-state index in [1.54, 1.807) is 6.92 Å². The van der Waals surface area contributed by atoms with Crippen LogP contribution in [0.3, 0.4) is 0 Å². The van der Waals surface area contributed by atoms with Gasteiger partial charge in [0.2, 0.25) is 0 Å². The average molecular weight is 213 g/mol. The molecule has 0 saturated carbocycles. The highest BCUT2D eigenvalue weighted by Gasteiger charge is 2.11. The van der Waals surface area contributed by atoms with Gasteiger partial charge in [-0.05, 0) is 31.9 Å². The average Bonchev–Trinajstić information content (AvgIpc) is 2.18. The van der Waals surface area contributed by atoms with Gasteiger partial charge in [0.05, 0.1) is 13.2 Å². The zero-order valence-electron chi connectivity index (χ0n) is 9.16. The molecule has 15 heavy (non-hydrogen) atoms. The number of carboxylic acids is 1. The first-order chi connectivity index (χ1) is 7.18. The van der Waals surface area contributed by atoms with E-state index in [1.807, 2.05) is 0 Å². The number of hydrogen-bond donors (Lipinski definition) is 2. The summed E-state index contributed by atoms with van der Waals surface area (Å²) in [4.78, 5) is 10.3. The molecule has 1 unspecified atom stereocenters. The Hall–Kier alpha value is -0.870. The quantitative estimate of drug-likeness (QED) is 0.673. The summed E-state index contributed by atoms with van der Waals surface area (Å²) in [6, 6.07) is 0.441. The number of piperidine rings is 1. The van der Waals surface area contributed by atoms with E-state index in [1.165, 1.54) is 18.9 Å². The van der Waals surface area contributed by atoms with Crippen molar-refractivity contribution in [2.75, 3.05) is 19.8 Å². The van der Waals surface area contributed by atoms with Gasteiger partial charge in [0.15, 0.2) is 0 Å². The van der Waals surface area contributed by atoms with Crippen LogP contribution in [0.1, 0.15) is 26.2 Å². The second-order valence-corrected chi connectivity index (χ2v) is 3.99. The molecule has 1 aliphatic rings.